The number of hydrogen-bond donors (Lipinski definition) is 2. The summed E-state index contributed by atoms with van der Waals surface area (Å²) >= 11 is 0. The second kappa shape index (κ2) is 5.65. The highest BCUT2D eigenvalue weighted by atomic mass is 19.1. The van der Waals surface area contributed by atoms with Gasteiger partial charge in [-0.15, -0.1) is 6.58 Å². The maximum atomic E-state index is 13.4. The molecule has 1 aliphatic rings. The molecule has 100 valence electrons. The van der Waals surface area contributed by atoms with E-state index in [1.807, 2.05) is 0 Å². The van der Waals surface area contributed by atoms with Crippen LogP contribution in [0.5, 0.6) is 0 Å². The van der Waals surface area contributed by atoms with E-state index < -0.39 is 5.82 Å². The summed E-state index contributed by atoms with van der Waals surface area (Å²) < 4.78 is 13.4. The predicted octanol–water partition coefficient (Wildman–Crippen LogP) is 1.70. The third-order valence-electron chi connectivity index (χ3n) is 3.02. The summed E-state index contributed by atoms with van der Waals surface area (Å²) in [7, 11) is 0. The number of rotatable bonds is 5. The van der Waals surface area contributed by atoms with Crippen LogP contribution >= 0.6 is 0 Å². The van der Waals surface area contributed by atoms with E-state index in [1.54, 1.807) is 18.2 Å². The summed E-state index contributed by atoms with van der Waals surface area (Å²) in [5.74, 6) is -1.64. The monoisotopic (exact) mass is 262 g/mol. The van der Waals surface area contributed by atoms with Gasteiger partial charge in [0.15, 0.2) is 0 Å². The number of benzene rings is 1. The topological polar surface area (TPSA) is 58.2 Å². The first kappa shape index (κ1) is 13.3. The normalized spacial score (nSPS) is 20.5. The first-order chi connectivity index (χ1) is 9.13. The van der Waals surface area contributed by atoms with Crippen LogP contribution in [0.3, 0.4) is 0 Å². The maximum absolute atomic E-state index is 13.4. The van der Waals surface area contributed by atoms with Gasteiger partial charge in [0.05, 0.1) is 17.5 Å². The molecule has 2 amide bonds. The van der Waals surface area contributed by atoms with E-state index in [2.05, 4.69) is 17.2 Å². The molecule has 0 aliphatic heterocycles. The van der Waals surface area contributed by atoms with Gasteiger partial charge in [-0.05, 0) is 18.6 Å². The van der Waals surface area contributed by atoms with Gasteiger partial charge in [0.1, 0.15) is 5.82 Å². The third-order valence-corrected chi connectivity index (χ3v) is 3.02. The summed E-state index contributed by atoms with van der Waals surface area (Å²) in [5, 5.41) is 5.14. The third kappa shape index (κ3) is 3.19. The van der Waals surface area contributed by atoms with E-state index >= 15 is 0 Å². The first-order valence-corrected chi connectivity index (χ1v) is 6.07. The van der Waals surface area contributed by atoms with E-state index in [0.29, 0.717) is 13.0 Å². The lowest BCUT2D eigenvalue weighted by atomic mass is 10.2. The van der Waals surface area contributed by atoms with Gasteiger partial charge in [-0.2, -0.15) is 0 Å². The smallest absolute Gasteiger partial charge is 0.228 e. The van der Waals surface area contributed by atoms with Gasteiger partial charge in [0, 0.05) is 6.54 Å². The molecule has 5 heteroatoms. The number of hydrogen-bond acceptors (Lipinski definition) is 2. The largest absolute Gasteiger partial charge is 0.352 e. The summed E-state index contributed by atoms with van der Waals surface area (Å²) in [6.45, 7) is 3.88. The Hall–Kier alpha value is -2.17. The van der Waals surface area contributed by atoms with Crippen LogP contribution in [0.4, 0.5) is 10.1 Å². The van der Waals surface area contributed by atoms with Crippen LogP contribution in [-0.2, 0) is 9.59 Å². The number of carbonyl (C=O) groups is 2. The molecule has 1 aliphatic carbocycles. The Bertz CT molecular complexity index is 516. The van der Waals surface area contributed by atoms with E-state index in [-0.39, 0.29) is 29.3 Å². The van der Waals surface area contributed by atoms with Crippen LogP contribution in [0.1, 0.15) is 6.42 Å². The summed E-state index contributed by atoms with van der Waals surface area (Å²) in [5.41, 5.74) is 0.143. The predicted molar refractivity (Wildman–Crippen MR) is 69.8 cm³/mol. The fraction of sp³-hybridized carbons (Fsp3) is 0.286. The Morgan fingerprint density at radius 3 is 2.68 bits per heavy atom. The van der Waals surface area contributed by atoms with Gasteiger partial charge in [-0.1, -0.05) is 18.2 Å². The molecule has 2 rings (SSSR count). The minimum atomic E-state index is -0.482. The van der Waals surface area contributed by atoms with E-state index in [9.17, 15) is 14.0 Å². The summed E-state index contributed by atoms with van der Waals surface area (Å²) in [6.07, 6.45) is 2.08. The Balaban J connectivity index is 1.88. The molecule has 2 atom stereocenters. The van der Waals surface area contributed by atoms with Crippen molar-refractivity contribution >= 4 is 17.5 Å². The van der Waals surface area contributed by atoms with Crippen LogP contribution in [0.15, 0.2) is 36.9 Å². The zero-order chi connectivity index (χ0) is 13.8. The van der Waals surface area contributed by atoms with Gasteiger partial charge in [0.25, 0.3) is 0 Å². The van der Waals surface area contributed by atoms with E-state index in [4.69, 9.17) is 0 Å². The molecule has 1 saturated carbocycles. The molecule has 0 aromatic heterocycles. The van der Waals surface area contributed by atoms with Crippen LogP contribution in [0.2, 0.25) is 0 Å². The Kier molecular flexibility index (Phi) is 3.94. The lowest BCUT2D eigenvalue weighted by Gasteiger charge is -2.05. The Morgan fingerprint density at radius 2 is 2.00 bits per heavy atom. The van der Waals surface area contributed by atoms with Crippen molar-refractivity contribution in [1.82, 2.24) is 5.32 Å². The standard InChI is InChI=1S/C14H15FN2O2/c1-2-7-16-13(18)9-8-10(9)14(19)17-12-6-4-3-5-11(12)15/h2-6,9-10H,1,7-8H2,(H,16,18)(H,17,19). The fourth-order valence-corrected chi connectivity index (χ4v) is 1.87. The highest BCUT2D eigenvalue weighted by molar-refractivity contribution is 5.99. The Labute approximate surface area is 110 Å². The highest BCUT2D eigenvalue weighted by Crippen LogP contribution is 2.39. The van der Waals surface area contributed by atoms with E-state index in [1.165, 1.54) is 12.1 Å². The first-order valence-electron chi connectivity index (χ1n) is 6.07. The van der Waals surface area contributed by atoms with Crippen molar-refractivity contribution in [3.63, 3.8) is 0 Å². The molecule has 0 saturated heterocycles. The number of anilines is 1. The molecule has 0 radical (unpaired) electrons. The highest BCUT2D eigenvalue weighted by Gasteiger charge is 2.47. The minimum absolute atomic E-state index is 0.143. The Morgan fingerprint density at radius 1 is 1.32 bits per heavy atom. The van der Waals surface area contributed by atoms with Crippen molar-refractivity contribution in [3.8, 4) is 0 Å². The lowest BCUT2D eigenvalue weighted by Crippen LogP contribution is -2.27. The van der Waals surface area contributed by atoms with Gasteiger partial charge in [-0.25, -0.2) is 4.39 Å². The molecular weight excluding hydrogens is 247 g/mol. The van der Waals surface area contributed by atoms with Crippen molar-refractivity contribution in [2.45, 2.75) is 6.42 Å². The van der Waals surface area contributed by atoms with Crippen molar-refractivity contribution in [1.29, 1.82) is 0 Å². The molecule has 0 spiro atoms. The van der Waals surface area contributed by atoms with Gasteiger partial charge in [-0.3, -0.25) is 9.59 Å². The van der Waals surface area contributed by atoms with Crippen molar-refractivity contribution in [2.75, 3.05) is 11.9 Å². The molecule has 0 heterocycles. The zero-order valence-corrected chi connectivity index (χ0v) is 10.4. The van der Waals surface area contributed by atoms with Crippen LogP contribution in [0, 0.1) is 17.7 Å². The van der Waals surface area contributed by atoms with Crippen molar-refractivity contribution in [3.05, 3.63) is 42.7 Å². The molecule has 1 fully saturated rings. The molecule has 2 unspecified atom stereocenters. The number of amides is 2. The molecule has 19 heavy (non-hydrogen) atoms. The molecular formula is C14H15FN2O2. The number of carbonyl (C=O) groups excluding carboxylic acids is 2. The van der Waals surface area contributed by atoms with Gasteiger partial charge in [0.2, 0.25) is 11.8 Å². The second-order valence-electron chi connectivity index (χ2n) is 4.45. The minimum Gasteiger partial charge on any atom is -0.352 e. The van der Waals surface area contributed by atoms with Crippen LogP contribution in [-0.4, -0.2) is 18.4 Å². The van der Waals surface area contributed by atoms with Crippen LogP contribution < -0.4 is 10.6 Å². The van der Waals surface area contributed by atoms with E-state index in [0.717, 1.165) is 0 Å². The zero-order valence-electron chi connectivity index (χ0n) is 10.4. The summed E-state index contributed by atoms with van der Waals surface area (Å²) in [4.78, 5) is 23.4. The molecule has 1 aromatic carbocycles. The number of para-hydroxylation sites is 1. The quantitative estimate of drug-likeness (QED) is 0.793. The molecule has 4 nitrogen and oxygen atoms in total. The van der Waals surface area contributed by atoms with Crippen LogP contribution in [0.25, 0.3) is 0 Å². The molecule has 2 N–H and O–H groups in total. The summed E-state index contributed by atoms with van der Waals surface area (Å²) in [6, 6.07) is 5.95. The van der Waals surface area contributed by atoms with Crippen molar-refractivity contribution in [2.24, 2.45) is 11.8 Å². The average molecular weight is 262 g/mol. The van der Waals surface area contributed by atoms with Crippen molar-refractivity contribution < 1.29 is 14.0 Å². The maximum Gasteiger partial charge on any atom is 0.228 e. The van der Waals surface area contributed by atoms with Gasteiger partial charge < -0.3 is 10.6 Å². The fourth-order valence-electron chi connectivity index (χ4n) is 1.87. The number of nitrogens with one attached hydrogen (secondary N) is 2. The SMILES string of the molecule is C=CCNC(=O)C1CC1C(=O)Nc1ccccc1F. The second-order valence-corrected chi connectivity index (χ2v) is 4.45. The average Bonchev–Trinajstić information content (AvgIpc) is 3.19. The molecule has 1 aromatic rings. The molecule has 0 bridgehead atoms. The number of halogens is 1. The lowest BCUT2D eigenvalue weighted by molar-refractivity contribution is -0.125. The van der Waals surface area contributed by atoms with Gasteiger partial charge >= 0.3 is 0 Å².